The van der Waals surface area contributed by atoms with Crippen LogP contribution in [0.3, 0.4) is 0 Å². The first-order chi connectivity index (χ1) is 9.80. The van der Waals surface area contributed by atoms with E-state index in [1.807, 2.05) is 13.0 Å². The van der Waals surface area contributed by atoms with Crippen LogP contribution in [0.2, 0.25) is 0 Å². The highest BCUT2D eigenvalue weighted by Gasteiger charge is 2.16. The summed E-state index contributed by atoms with van der Waals surface area (Å²) in [5.41, 5.74) is 4.90. The highest BCUT2D eigenvalue weighted by molar-refractivity contribution is 5.76. The zero-order valence-corrected chi connectivity index (χ0v) is 12.0. The summed E-state index contributed by atoms with van der Waals surface area (Å²) in [4.78, 5) is 2.39. The Morgan fingerprint density at radius 3 is 2.65 bits per heavy atom. The van der Waals surface area contributed by atoms with Crippen molar-refractivity contribution in [2.24, 2.45) is 0 Å². The molecular weight excluding hydrogens is 244 g/mol. The number of rotatable bonds is 3. The number of allylic oxidation sites excluding steroid dienone is 2. The highest BCUT2D eigenvalue weighted by Crippen LogP contribution is 2.29. The fourth-order valence-corrected chi connectivity index (χ4v) is 2.66. The second kappa shape index (κ2) is 6.77. The predicted octanol–water partition coefficient (Wildman–Crippen LogP) is 4.41. The smallest absolute Gasteiger partial charge is 0.0911 e. The Bertz CT molecular complexity index is 578. The summed E-state index contributed by atoms with van der Waals surface area (Å²) >= 11 is 0. The van der Waals surface area contributed by atoms with Crippen molar-refractivity contribution in [2.75, 3.05) is 18.0 Å². The summed E-state index contributed by atoms with van der Waals surface area (Å²) in [5.74, 6) is 0. The van der Waals surface area contributed by atoms with Gasteiger partial charge in [0.05, 0.1) is 6.07 Å². The van der Waals surface area contributed by atoms with Crippen molar-refractivity contribution in [3.05, 3.63) is 53.6 Å². The lowest BCUT2D eigenvalue weighted by molar-refractivity contribution is 0.685. The van der Waals surface area contributed by atoms with Gasteiger partial charge in [-0.3, -0.25) is 0 Å². The van der Waals surface area contributed by atoms with Gasteiger partial charge >= 0.3 is 0 Å². The molecule has 2 nitrogen and oxygen atoms in total. The summed E-state index contributed by atoms with van der Waals surface area (Å²) in [7, 11) is 0. The number of benzene rings is 1. The molecule has 2 rings (SSSR count). The summed E-state index contributed by atoms with van der Waals surface area (Å²) < 4.78 is 0. The summed E-state index contributed by atoms with van der Waals surface area (Å²) in [6, 6.07) is 8.50. The molecule has 0 N–H and O–H groups in total. The van der Waals surface area contributed by atoms with E-state index >= 15 is 0 Å². The van der Waals surface area contributed by atoms with E-state index in [0.29, 0.717) is 0 Å². The van der Waals surface area contributed by atoms with Gasteiger partial charge in [-0.25, -0.2) is 0 Å². The van der Waals surface area contributed by atoms with E-state index in [2.05, 4.69) is 47.9 Å². The van der Waals surface area contributed by atoms with Crippen LogP contribution < -0.4 is 4.90 Å². The molecule has 2 heteroatoms. The van der Waals surface area contributed by atoms with E-state index in [4.69, 9.17) is 5.26 Å². The van der Waals surface area contributed by atoms with Gasteiger partial charge in [0, 0.05) is 30.4 Å². The van der Waals surface area contributed by atoms with Crippen molar-refractivity contribution in [3.8, 4) is 6.07 Å². The second-order valence-electron chi connectivity index (χ2n) is 4.90. The quantitative estimate of drug-likeness (QED) is 0.756. The number of hydrogen-bond donors (Lipinski definition) is 0. The number of anilines is 1. The SMILES string of the molecule is C=Cc1c(/C=C\C)cccc1N1CCC(=CC#N)CC1. The first kappa shape index (κ1) is 14.1. The fraction of sp³-hybridized carbons (Fsp3) is 0.278. The molecule has 0 aromatic heterocycles. The van der Waals surface area contributed by atoms with Crippen molar-refractivity contribution in [2.45, 2.75) is 19.8 Å². The van der Waals surface area contributed by atoms with Crippen LogP contribution in [0, 0.1) is 11.3 Å². The zero-order valence-electron chi connectivity index (χ0n) is 12.0. The lowest BCUT2D eigenvalue weighted by Crippen LogP contribution is -2.31. The first-order valence-corrected chi connectivity index (χ1v) is 7.00. The van der Waals surface area contributed by atoms with Gasteiger partial charge in [0.1, 0.15) is 0 Å². The van der Waals surface area contributed by atoms with Crippen molar-refractivity contribution >= 4 is 17.8 Å². The maximum absolute atomic E-state index is 8.72. The standard InChI is InChI=1S/C18H20N2/c1-3-6-16-7-5-8-18(17(16)4-2)20-13-10-15(9-12-19)11-14-20/h3-9H,2,10-11,13-14H2,1H3/b6-3-. The topological polar surface area (TPSA) is 27.0 Å². The van der Waals surface area contributed by atoms with Crippen molar-refractivity contribution < 1.29 is 0 Å². The maximum Gasteiger partial charge on any atom is 0.0911 e. The Labute approximate surface area is 121 Å². The minimum absolute atomic E-state index is 0.966. The lowest BCUT2D eigenvalue weighted by Gasteiger charge is -2.31. The molecule has 0 radical (unpaired) electrons. The molecule has 0 unspecified atom stereocenters. The van der Waals surface area contributed by atoms with E-state index in [1.165, 1.54) is 22.4 Å². The predicted molar refractivity (Wildman–Crippen MR) is 86.4 cm³/mol. The lowest BCUT2D eigenvalue weighted by atomic mass is 9.99. The molecule has 0 amide bonds. The van der Waals surface area contributed by atoms with Gasteiger partial charge in [-0.05, 0) is 31.4 Å². The normalized spacial score (nSPS) is 15.2. The Hall–Kier alpha value is -2.27. The van der Waals surface area contributed by atoms with Crippen molar-refractivity contribution in [3.63, 3.8) is 0 Å². The Kier molecular flexibility index (Phi) is 4.79. The summed E-state index contributed by atoms with van der Waals surface area (Å²) in [6.45, 7) is 7.92. The third-order valence-corrected chi connectivity index (χ3v) is 3.68. The fourth-order valence-electron chi connectivity index (χ4n) is 2.66. The van der Waals surface area contributed by atoms with E-state index in [-0.39, 0.29) is 0 Å². The Morgan fingerprint density at radius 1 is 1.30 bits per heavy atom. The summed E-state index contributed by atoms with van der Waals surface area (Å²) in [6.07, 6.45) is 9.74. The number of nitrogens with zero attached hydrogens (tertiary/aromatic N) is 2. The number of piperidine rings is 1. The van der Waals surface area contributed by atoms with Crippen LogP contribution >= 0.6 is 0 Å². The molecule has 0 atom stereocenters. The molecule has 1 aromatic rings. The van der Waals surface area contributed by atoms with E-state index in [1.54, 1.807) is 6.08 Å². The minimum Gasteiger partial charge on any atom is -0.370 e. The molecule has 0 aliphatic carbocycles. The monoisotopic (exact) mass is 264 g/mol. The van der Waals surface area contributed by atoms with Crippen molar-refractivity contribution in [1.82, 2.24) is 0 Å². The number of hydrogen-bond acceptors (Lipinski definition) is 2. The average molecular weight is 264 g/mol. The average Bonchev–Trinajstić information content (AvgIpc) is 2.48. The molecule has 1 fully saturated rings. The Morgan fingerprint density at radius 2 is 2.05 bits per heavy atom. The third kappa shape index (κ3) is 3.00. The first-order valence-electron chi connectivity index (χ1n) is 7.00. The van der Waals surface area contributed by atoms with Crippen LogP contribution in [-0.4, -0.2) is 13.1 Å². The van der Waals surface area contributed by atoms with E-state index in [9.17, 15) is 0 Å². The van der Waals surface area contributed by atoms with Crippen LogP contribution in [0.5, 0.6) is 0 Å². The molecule has 1 aliphatic rings. The summed E-state index contributed by atoms with van der Waals surface area (Å²) in [5, 5.41) is 8.72. The van der Waals surface area contributed by atoms with Gasteiger partial charge < -0.3 is 4.90 Å². The molecule has 0 bridgehead atoms. The van der Waals surface area contributed by atoms with E-state index < -0.39 is 0 Å². The molecule has 1 saturated heterocycles. The largest absolute Gasteiger partial charge is 0.370 e. The molecule has 1 aromatic carbocycles. The molecule has 0 spiro atoms. The molecule has 1 aliphatic heterocycles. The van der Waals surface area contributed by atoms with Gasteiger partial charge in [0.15, 0.2) is 0 Å². The minimum atomic E-state index is 0.966. The van der Waals surface area contributed by atoms with E-state index in [0.717, 1.165) is 25.9 Å². The maximum atomic E-state index is 8.72. The second-order valence-corrected chi connectivity index (χ2v) is 4.90. The van der Waals surface area contributed by atoms with Gasteiger partial charge in [0.25, 0.3) is 0 Å². The van der Waals surface area contributed by atoms with Crippen LogP contribution in [0.1, 0.15) is 30.9 Å². The van der Waals surface area contributed by atoms with Gasteiger partial charge in [-0.15, -0.1) is 0 Å². The van der Waals surface area contributed by atoms with Crippen LogP contribution in [0.25, 0.3) is 12.2 Å². The Balaban J connectivity index is 2.26. The third-order valence-electron chi connectivity index (χ3n) is 3.68. The zero-order chi connectivity index (χ0) is 14.4. The number of nitriles is 1. The highest BCUT2D eigenvalue weighted by atomic mass is 15.1. The van der Waals surface area contributed by atoms with Crippen molar-refractivity contribution in [1.29, 1.82) is 5.26 Å². The van der Waals surface area contributed by atoms with Crippen LogP contribution in [0.4, 0.5) is 5.69 Å². The molecular formula is C18H20N2. The van der Waals surface area contributed by atoms with Crippen LogP contribution in [0.15, 0.2) is 42.5 Å². The molecule has 1 heterocycles. The van der Waals surface area contributed by atoms with Gasteiger partial charge in [-0.2, -0.15) is 5.26 Å². The molecule has 0 saturated carbocycles. The van der Waals surface area contributed by atoms with Gasteiger partial charge in [0.2, 0.25) is 0 Å². The molecule has 102 valence electrons. The molecule has 20 heavy (non-hydrogen) atoms. The van der Waals surface area contributed by atoms with Gasteiger partial charge in [-0.1, -0.05) is 42.5 Å². The van der Waals surface area contributed by atoms with Crippen LogP contribution in [-0.2, 0) is 0 Å².